The molecule has 0 heterocycles. The quantitative estimate of drug-likeness (QED) is 0.479. The van der Waals surface area contributed by atoms with Gasteiger partial charge in [0.05, 0.1) is 23.3 Å². The third-order valence-corrected chi connectivity index (χ3v) is 6.18. The predicted molar refractivity (Wildman–Crippen MR) is 111 cm³/mol. The first-order valence-corrected chi connectivity index (χ1v) is 10.5. The highest BCUT2D eigenvalue weighted by Crippen LogP contribution is 2.32. The number of carbonyl (C=O) groups excluding carboxylic acids is 1. The number of rotatable bonds is 6. The van der Waals surface area contributed by atoms with Gasteiger partial charge in [-0.05, 0) is 55.8 Å². The van der Waals surface area contributed by atoms with Crippen molar-refractivity contribution in [1.82, 2.24) is 0 Å². The van der Waals surface area contributed by atoms with E-state index in [1.165, 1.54) is 32.4 Å². The number of hydrogen-bond donors (Lipinski definition) is 0. The van der Waals surface area contributed by atoms with Crippen molar-refractivity contribution in [2.45, 2.75) is 18.7 Å². The van der Waals surface area contributed by atoms with Crippen molar-refractivity contribution in [2.75, 3.05) is 25.1 Å². The van der Waals surface area contributed by atoms with Crippen molar-refractivity contribution in [1.29, 1.82) is 0 Å². The van der Waals surface area contributed by atoms with E-state index in [0.29, 0.717) is 15.8 Å². The molecule has 0 N–H and O–H groups in total. The Balaban J connectivity index is 2.44. The summed E-state index contributed by atoms with van der Waals surface area (Å²) >= 11 is 3.32. The van der Waals surface area contributed by atoms with Crippen molar-refractivity contribution < 1.29 is 22.7 Å². The van der Waals surface area contributed by atoms with Gasteiger partial charge in [0.25, 0.3) is 10.0 Å². The van der Waals surface area contributed by atoms with Gasteiger partial charge in [0.15, 0.2) is 0 Å². The molecule has 0 fully saturated rings. The molecule has 0 saturated carbocycles. The van der Waals surface area contributed by atoms with Crippen LogP contribution in [0.15, 0.2) is 45.8 Å². The smallest absolute Gasteiger partial charge is 0.340 e. The zero-order valence-electron chi connectivity index (χ0n) is 15.9. The Kier molecular flexibility index (Phi) is 7.11. The maximum Gasteiger partial charge on any atom is 0.340 e. The van der Waals surface area contributed by atoms with Gasteiger partial charge in [-0.25, -0.2) is 13.2 Å². The first-order chi connectivity index (χ1) is 13.2. The van der Waals surface area contributed by atoms with Gasteiger partial charge in [-0.15, -0.1) is 5.92 Å². The second-order valence-electron chi connectivity index (χ2n) is 5.77. The lowest BCUT2D eigenvalue weighted by atomic mass is 10.1. The van der Waals surface area contributed by atoms with Crippen molar-refractivity contribution in [2.24, 2.45) is 0 Å². The lowest BCUT2D eigenvalue weighted by molar-refractivity contribution is 0.0601. The lowest BCUT2D eigenvalue weighted by Gasteiger charge is -2.24. The van der Waals surface area contributed by atoms with E-state index in [0.717, 1.165) is 4.31 Å². The van der Waals surface area contributed by atoms with E-state index in [1.807, 2.05) is 0 Å². The highest BCUT2D eigenvalue weighted by atomic mass is 79.9. The van der Waals surface area contributed by atoms with Crippen LogP contribution < -0.4 is 9.04 Å². The third-order valence-electron chi connectivity index (χ3n) is 3.96. The average Bonchev–Trinajstić information content (AvgIpc) is 2.67. The molecule has 148 valence electrons. The Morgan fingerprint density at radius 1 is 1.21 bits per heavy atom. The van der Waals surface area contributed by atoms with E-state index in [2.05, 4.69) is 27.8 Å². The second kappa shape index (κ2) is 9.13. The van der Waals surface area contributed by atoms with Gasteiger partial charge in [0.1, 0.15) is 12.4 Å². The fourth-order valence-corrected chi connectivity index (χ4v) is 4.45. The summed E-state index contributed by atoms with van der Waals surface area (Å²) < 4.78 is 38.2. The van der Waals surface area contributed by atoms with E-state index in [9.17, 15) is 13.2 Å². The predicted octanol–water partition coefficient (Wildman–Crippen LogP) is 3.77. The summed E-state index contributed by atoms with van der Waals surface area (Å²) in [6.07, 6.45) is 0. The molecule has 0 amide bonds. The van der Waals surface area contributed by atoms with Crippen LogP contribution in [0.5, 0.6) is 5.75 Å². The summed E-state index contributed by atoms with van der Waals surface area (Å²) in [7, 11) is -1.26. The number of esters is 1. The topological polar surface area (TPSA) is 72.9 Å². The number of benzene rings is 2. The first-order valence-electron chi connectivity index (χ1n) is 8.22. The molecule has 6 nitrogen and oxygen atoms in total. The van der Waals surface area contributed by atoms with Gasteiger partial charge in [-0.1, -0.05) is 21.9 Å². The van der Waals surface area contributed by atoms with Crippen molar-refractivity contribution in [3.05, 3.63) is 52.0 Å². The molecule has 2 aromatic carbocycles. The minimum atomic E-state index is -3.91. The fraction of sp³-hybridized carbons (Fsp3) is 0.250. The van der Waals surface area contributed by atoms with Gasteiger partial charge in [0.2, 0.25) is 0 Å². The molecular formula is C20H20BrNO5S. The molecule has 0 atom stereocenters. The second-order valence-corrected chi connectivity index (χ2v) is 8.65. The summed E-state index contributed by atoms with van der Waals surface area (Å²) in [4.78, 5) is 12.3. The third kappa shape index (κ3) is 4.66. The summed E-state index contributed by atoms with van der Waals surface area (Å²) in [6, 6.07) is 9.30. The molecule has 0 spiro atoms. The molecule has 0 unspecified atom stereocenters. The normalized spacial score (nSPS) is 10.6. The summed E-state index contributed by atoms with van der Waals surface area (Å²) in [5.74, 6) is 5.37. The van der Waals surface area contributed by atoms with Crippen LogP contribution in [0.1, 0.15) is 22.8 Å². The number of sulfonamides is 1. The zero-order valence-corrected chi connectivity index (χ0v) is 18.3. The van der Waals surface area contributed by atoms with E-state index >= 15 is 0 Å². The zero-order chi connectivity index (χ0) is 20.9. The first kappa shape index (κ1) is 21.8. The Morgan fingerprint density at radius 3 is 2.43 bits per heavy atom. The molecular weight excluding hydrogens is 446 g/mol. The Hall–Kier alpha value is -2.50. The van der Waals surface area contributed by atoms with Crippen LogP contribution in [0.4, 0.5) is 5.69 Å². The fourth-order valence-electron chi connectivity index (χ4n) is 2.60. The summed E-state index contributed by atoms with van der Waals surface area (Å²) in [5.41, 5.74) is 1.02. The highest BCUT2D eigenvalue weighted by molar-refractivity contribution is 9.10. The number of ether oxygens (including phenoxy) is 2. The highest BCUT2D eigenvalue weighted by Gasteiger charge is 2.27. The van der Waals surface area contributed by atoms with Crippen LogP contribution in [0.25, 0.3) is 0 Å². The van der Waals surface area contributed by atoms with Crippen molar-refractivity contribution >= 4 is 37.6 Å². The van der Waals surface area contributed by atoms with Gasteiger partial charge >= 0.3 is 5.97 Å². The van der Waals surface area contributed by atoms with Crippen LogP contribution in [0, 0.1) is 18.8 Å². The molecule has 28 heavy (non-hydrogen) atoms. The van der Waals surface area contributed by atoms with Gasteiger partial charge < -0.3 is 9.47 Å². The summed E-state index contributed by atoms with van der Waals surface area (Å²) in [5, 5.41) is 0. The van der Waals surface area contributed by atoms with Gasteiger partial charge in [-0.2, -0.15) is 0 Å². The monoisotopic (exact) mass is 465 g/mol. The molecule has 0 bridgehead atoms. The minimum absolute atomic E-state index is 0.0714. The van der Waals surface area contributed by atoms with Crippen LogP contribution in [-0.4, -0.2) is 35.2 Å². The SMILES string of the molecule is CC#CCOc1ccc(S(=O)(=O)N(C)c2c(C)cc(Br)cc2C(=O)OC)cc1. The molecule has 8 heteroatoms. The van der Waals surface area contributed by atoms with Crippen LogP contribution in [-0.2, 0) is 14.8 Å². The number of nitrogens with zero attached hydrogens (tertiary/aromatic N) is 1. The largest absolute Gasteiger partial charge is 0.481 e. The molecule has 0 aliphatic rings. The number of carbonyl (C=O) groups is 1. The van der Waals surface area contributed by atoms with E-state index in [-0.39, 0.29) is 22.8 Å². The minimum Gasteiger partial charge on any atom is -0.481 e. The Morgan fingerprint density at radius 2 is 1.86 bits per heavy atom. The van der Waals surface area contributed by atoms with Crippen LogP contribution in [0.2, 0.25) is 0 Å². The lowest BCUT2D eigenvalue weighted by Crippen LogP contribution is -2.29. The van der Waals surface area contributed by atoms with Crippen molar-refractivity contribution in [3.8, 4) is 17.6 Å². The summed E-state index contributed by atoms with van der Waals surface area (Å²) in [6.45, 7) is 3.66. The molecule has 2 rings (SSSR count). The molecule has 0 saturated heterocycles. The van der Waals surface area contributed by atoms with E-state index < -0.39 is 16.0 Å². The maximum absolute atomic E-state index is 13.1. The number of methoxy groups -OCH3 is 1. The number of halogens is 1. The van der Waals surface area contributed by atoms with Gasteiger partial charge in [-0.3, -0.25) is 4.31 Å². The number of anilines is 1. The Labute approximate surface area is 173 Å². The van der Waals surface area contributed by atoms with Crippen LogP contribution in [0.3, 0.4) is 0 Å². The molecule has 0 aromatic heterocycles. The molecule has 0 radical (unpaired) electrons. The maximum atomic E-state index is 13.1. The van der Waals surface area contributed by atoms with Crippen molar-refractivity contribution in [3.63, 3.8) is 0 Å². The van der Waals surface area contributed by atoms with Crippen LogP contribution >= 0.6 is 15.9 Å². The standard InChI is InChI=1S/C20H20BrNO5S/c1-5-6-11-27-16-7-9-17(10-8-16)28(24,25)22(3)19-14(2)12-15(21)13-18(19)20(23)26-4/h7-10,12-13H,11H2,1-4H3. The van der Waals surface area contributed by atoms with E-state index in [4.69, 9.17) is 9.47 Å². The van der Waals surface area contributed by atoms with E-state index in [1.54, 1.807) is 32.0 Å². The van der Waals surface area contributed by atoms with Gasteiger partial charge in [0, 0.05) is 11.5 Å². The number of hydrogen-bond acceptors (Lipinski definition) is 5. The molecule has 0 aliphatic carbocycles. The molecule has 0 aliphatic heterocycles. The molecule has 2 aromatic rings. The average molecular weight is 466 g/mol. The Bertz CT molecular complexity index is 1040. The number of aryl methyl sites for hydroxylation is 1.